The molecule has 6 heteroatoms. The van der Waals surface area contributed by atoms with E-state index in [9.17, 15) is 9.59 Å². The average molecular weight is 284 g/mol. The fourth-order valence-electron chi connectivity index (χ4n) is 2.58. The zero-order valence-electron chi connectivity index (χ0n) is 11.7. The molecule has 0 spiro atoms. The molecule has 1 fully saturated rings. The average Bonchev–Trinajstić information content (AvgIpc) is 2.96. The minimum atomic E-state index is -0.392. The number of nitrogens with zero attached hydrogens (tertiary/aromatic N) is 3. The third kappa shape index (κ3) is 2.29. The smallest absolute Gasteiger partial charge is 0.237 e. The first-order valence-electron chi connectivity index (χ1n) is 6.73. The predicted octanol–water partition coefficient (Wildman–Crippen LogP) is 1.04. The van der Waals surface area contributed by atoms with Crippen LogP contribution in [-0.4, -0.2) is 26.5 Å². The Bertz CT molecular complexity index is 693. The number of hydrogen-bond donors (Lipinski definition) is 1. The lowest BCUT2D eigenvalue weighted by Crippen LogP contribution is -2.30. The zero-order chi connectivity index (χ0) is 15.0. The molecule has 0 aliphatic carbocycles. The molecule has 1 saturated heterocycles. The molecule has 2 heterocycles. The largest absolute Gasteiger partial charge is 0.384 e. The number of carbonyl (C=O) groups excluding carboxylic acids is 2. The number of hydrogen-bond acceptors (Lipinski definition) is 4. The molecular formula is C15H16N4O2. The number of nitrogen functional groups attached to an aromatic ring is 1. The van der Waals surface area contributed by atoms with Crippen LogP contribution in [0.2, 0.25) is 0 Å². The maximum atomic E-state index is 12.5. The summed E-state index contributed by atoms with van der Waals surface area (Å²) in [6.45, 7) is 0.181. The van der Waals surface area contributed by atoms with E-state index in [0.717, 1.165) is 5.56 Å². The molecule has 108 valence electrons. The van der Waals surface area contributed by atoms with Gasteiger partial charge in [-0.3, -0.25) is 19.2 Å². The van der Waals surface area contributed by atoms with Gasteiger partial charge in [-0.1, -0.05) is 30.3 Å². The monoisotopic (exact) mass is 284 g/mol. The number of imide groups is 1. The molecule has 0 saturated carbocycles. The maximum Gasteiger partial charge on any atom is 0.237 e. The van der Waals surface area contributed by atoms with Gasteiger partial charge in [0.15, 0.2) is 0 Å². The Morgan fingerprint density at radius 3 is 2.62 bits per heavy atom. The highest BCUT2D eigenvalue weighted by molar-refractivity contribution is 6.06. The van der Waals surface area contributed by atoms with Crippen LogP contribution in [0, 0.1) is 0 Å². The fourth-order valence-corrected chi connectivity index (χ4v) is 2.58. The lowest BCUT2D eigenvalue weighted by atomic mass is 9.98. The van der Waals surface area contributed by atoms with Crippen LogP contribution in [0.1, 0.15) is 23.5 Å². The van der Waals surface area contributed by atoms with Crippen LogP contribution in [0.15, 0.2) is 36.5 Å². The summed E-state index contributed by atoms with van der Waals surface area (Å²) in [5.41, 5.74) is 7.43. The van der Waals surface area contributed by atoms with Crippen LogP contribution < -0.4 is 5.73 Å². The van der Waals surface area contributed by atoms with Gasteiger partial charge in [0.05, 0.1) is 18.7 Å². The molecule has 2 N–H and O–H groups in total. The Hall–Kier alpha value is -2.63. The number of benzene rings is 1. The standard InChI is InChI=1S/C15H16N4O2/c1-18-14(16)11(8-17-18)9-19-13(20)7-12(15(19)21)10-5-3-2-4-6-10/h2-6,8,12H,7,9,16H2,1H3. The Morgan fingerprint density at radius 1 is 1.29 bits per heavy atom. The lowest BCUT2D eigenvalue weighted by molar-refractivity contribution is -0.139. The third-order valence-corrected chi connectivity index (χ3v) is 3.84. The van der Waals surface area contributed by atoms with Crippen molar-refractivity contribution < 1.29 is 9.59 Å². The van der Waals surface area contributed by atoms with Crippen molar-refractivity contribution in [2.24, 2.45) is 7.05 Å². The van der Waals surface area contributed by atoms with Gasteiger partial charge in [-0.25, -0.2) is 0 Å². The summed E-state index contributed by atoms with van der Waals surface area (Å²) in [5.74, 6) is -0.262. The number of anilines is 1. The van der Waals surface area contributed by atoms with Gasteiger partial charge in [0, 0.05) is 19.0 Å². The zero-order valence-corrected chi connectivity index (χ0v) is 11.7. The summed E-state index contributed by atoms with van der Waals surface area (Å²) in [7, 11) is 1.72. The number of aryl methyl sites for hydroxylation is 1. The van der Waals surface area contributed by atoms with Gasteiger partial charge in [-0.05, 0) is 5.56 Å². The number of rotatable bonds is 3. The van der Waals surface area contributed by atoms with Crippen LogP contribution in [-0.2, 0) is 23.2 Å². The second-order valence-electron chi connectivity index (χ2n) is 5.16. The Labute approximate surface area is 122 Å². The van der Waals surface area contributed by atoms with E-state index in [0.29, 0.717) is 11.4 Å². The topological polar surface area (TPSA) is 81.2 Å². The van der Waals surface area contributed by atoms with E-state index in [1.807, 2.05) is 30.3 Å². The van der Waals surface area contributed by atoms with Crippen molar-refractivity contribution in [2.75, 3.05) is 5.73 Å². The van der Waals surface area contributed by atoms with Gasteiger partial charge in [-0.15, -0.1) is 0 Å². The van der Waals surface area contributed by atoms with Gasteiger partial charge in [-0.2, -0.15) is 5.10 Å². The van der Waals surface area contributed by atoms with E-state index >= 15 is 0 Å². The van der Waals surface area contributed by atoms with Crippen LogP contribution in [0.5, 0.6) is 0 Å². The van der Waals surface area contributed by atoms with Gasteiger partial charge in [0.1, 0.15) is 5.82 Å². The number of likely N-dealkylation sites (tertiary alicyclic amines) is 1. The summed E-state index contributed by atoms with van der Waals surface area (Å²) in [4.78, 5) is 25.9. The molecule has 0 radical (unpaired) electrons. The van der Waals surface area contributed by atoms with Crippen molar-refractivity contribution in [1.82, 2.24) is 14.7 Å². The van der Waals surface area contributed by atoms with Crippen molar-refractivity contribution in [2.45, 2.75) is 18.9 Å². The Balaban J connectivity index is 1.83. The van der Waals surface area contributed by atoms with Crippen LogP contribution in [0.3, 0.4) is 0 Å². The van der Waals surface area contributed by atoms with Crippen molar-refractivity contribution in [3.8, 4) is 0 Å². The molecule has 21 heavy (non-hydrogen) atoms. The first kappa shape index (κ1) is 13.4. The molecule has 1 aliphatic rings. The fraction of sp³-hybridized carbons (Fsp3) is 0.267. The highest BCUT2D eigenvalue weighted by Crippen LogP contribution is 2.31. The van der Waals surface area contributed by atoms with E-state index < -0.39 is 5.92 Å². The first-order valence-corrected chi connectivity index (χ1v) is 6.73. The number of carbonyl (C=O) groups is 2. The van der Waals surface area contributed by atoms with Crippen LogP contribution in [0.4, 0.5) is 5.82 Å². The molecule has 1 unspecified atom stereocenters. The third-order valence-electron chi connectivity index (χ3n) is 3.84. The lowest BCUT2D eigenvalue weighted by Gasteiger charge is -2.14. The molecule has 0 bridgehead atoms. The summed E-state index contributed by atoms with van der Waals surface area (Å²) < 4.78 is 1.52. The predicted molar refractivity (Wildman–Crippen MR) is 77.0 cm³/mol. The van der Waals surface area contributed by atoms with E-state index in [2.05, 4.69) is 5.10 Å². The molecule has 1 aromatic carbocycles. The van der Waals surface area contributed by atoms with Crippen molar-refractivity contribution in [1.29, 1.82) is 0 Å². The quantitative estimate of drug-likeness (QED) is 0.854. The number of amides is 2. The second-order valence-corrected chi connectivity index (χ2v) is 5.16. The molecule has 1 aromatic heterocycles. The van der Waals surface area contributed by atoms with Crippen molar-refractivity contribution in [3.05, 3.63) is 47.7 Å². The maximum absolute atomic E-state index is 12.5. The minimum absolute atomic E-state index is 0.169. The SMILES string of the molecule is Cn1ncc(CN2C(=O)CC(c3ccccc3)C2=O)c1N. The Morgan fingerprint density at radius 2 is 2.00 bits per heavy atom. The summed E-state index contributed by atoms with van der Waals surface area (Å²) in [5, 5.41) is 4.03. The van der Waals surface area contributed by atoms with E-state index in [1.165, 1.54) is 9.58 Å². The summed E-state index contributed by atoms with van der Waals surface area (Å²) >= 11 is 0. The van der Waals surface area contributed by atoms with Gasteiger partial charge in [0.2, 0.25) is 11.8 Å². The molecule has 1 atom stereocenters. The summed E-state index contributed by atoms with van der Waals surface area (Å²) in [6, 6.07) is 9.37. The molecule has 2 amide bonds. The first-order chi connectivity index (χ1) is 10.1. The van der Waals surface area contributed by atoms with E-state index in [-0.39, 0.29) is 24.8 Å². The van der Waals surface area contributed by atoms with E-state index in [4.69, 9.17) is 5.73 Å². The summed E-state index contributed by atoms with van der Waals surface area (Å²) in [6.07, 6.45) is 1.80. The molecule has 6 nitrogen and oxygen atoms in total. The minimum Gasteiger partial charge on any atom is -0.384 e. The van der Waals surface area contributed by atoms with E-state index in [1.54, 1.807) is 13.2 Å². The molecule has 3 rings (SSSR count). The van der Waals surface area contributed by atoms with Crippen molar-refractivity contribution in [3.63, 3.8) is 0 Å². The molecule has 2 aromatic rings. The molecular weight excluding hydrogens is 268 g/mol. The van der Waals surface area contributed by atoms with Gasteiger partial charge < -0.3 is 5.73 Å². The molecule has 1 aliphatic heterocycles. The second kappa shape index (κ2) is 5.05. The highest BCUT2D eigenvalue weighted by atomic mass is 16.2. The van der Waals surface area contributed by atoms with Gasteiger partial charge in [0.25, 0.3) is 0 Å². The van der Waals surface area contributed by atoms with Crippen LogP contribution in [0.25, 0.3) is 0 Å². The number of nitrogens with two attached hydrogens (primary N) is 1. The highest BCUT2D eigenvalue weighted by Gasteiger charge is 2.39. The van der Waals surface area contributed by atoms with Gasteiger partial charge >= 0.3 is 0 Å². The normalized spacial score (nSPS) is 18.5. The van der Waals surface area contributed by atoms with Crippen molar-refractivity contribution >= 4 is 17.6 Å². The number of aromatic nitrogens is 2. The Kier molecular flexibility index (Phi) is 3.21. The van der Waals surface area contributed by atoms with Crippen LogP contribution >= 0.6 is 0 Å².